The average Bonchev–Trinajstić information content (AvgIpc) is 2.58. The lowest BCUT2D eigenvalue weighted by molar-refractivity contribution is -0.862. The van der Waals surface area contributed by atoms with Crippen LogP contribution < -0.4 is 15.5 Å². The molecule has 8 heteroatoms. The van der Waals surface area contributed by atoms with Gasteiger partial charge >= 0.3 is 0 Å². The maximum atomic E-state index is 12.1. The van der Waals surface area contributed by atoms with Crippen molar-refractivity contribution in [2.75, 3.05) is 30.8 Å². The molecule has 0 aliphatic carbocycles. The third-order valence-corrected chi connectivity index (χ3v) is 4.44. The van der Waals surface area contributed by atoms with Gasteiger partial charge in [-0.05, 0) is 49.4 Å². The zero-order chi connectivity index (χ0) is 20.0. The number of benzene rings is 2. The van der Waals surface area contributed by atoms with E-state index in [4.69, 9.17) is 23.2 Å². The quantitative estimate of drug-likeness (QED) is 0.614. The van der Waals surface area contributed by atoms with Crippen molar-refractivity contribution < 1.29 is 19.3 Å². The van der Waals surface area contributed by atoms with Crippen LogP contribution in [0.25, 0.3) is 0 Å². The Morgan fingerprint density at radius 1 is 0.852 bits per heavy atom. The van der Waals surface area contributed by atoms with Gasteiger partial charge in [-0.25, -0.2) is 0 Å². The van der Waals surface area contributed by atoms with Crippen LogP contribution in [0.4, 0.5) is 11.4 Å². The lowest BCUT2D eigenvalue weighted by atomic mass is 10.1. The Kier molecular flexibility index (Phi) is 7.36. The molecule has 2 aromatic carbocycles. The molecule has 0 radical (unpaired) electrons. The lowest BCUT2D eigenvalue weighted by Crippen LogP contribution is -3.11. The molecule has 0 bridgehead atoms. The molecule has 0 saturated carbocycles. The van der Waals surface area contributed by atoms with Crippen molar-refractivity contribution >= 4 is 52.2 Å². The van der Waals surface area contributed by atoms with E-state index in [1.54, 1.807) is 49.5 Å². The van der Waals surface area contributed by atoms with Crippen molar-refractivity contribution in [3.8, 4) is 0 Å². The number of hydrogen-bond acceptors (Lipinski definition) is 3. The minimum Gasteiger partial charge on any atom is -0.322 e. The highest BCUT2D eigenvalue weighted by molar-refractivity contribution is 6.42. The predicted octanol–water partition coefficient (Wildman–Crippen LogP) is 2.29. The van der Waals surface area contributed by atoms with E-state index in [9.17, 15) is 14.4 Å². The summed E-state index contributed by atoms with van der Waals surface area (Å²) in [6.07, 6.45) is 0. The standard InChI is InChI=1S/C19H19Cl2N3O3/c1-12(25)13-3-5-14(6-4-13)22-18(26)10-24(2)11-19(27)23-15-7-8-16(20)17(21)9-15/h3-9H,10-11H2,1-2H3,(H,22,26)(H,23,27)/p+1. The fraction of sp³-hybridized carbons (Fsp3) is 0.211. The van der Waals surface area contributed by atoms with Crippen molar-refractivity contribution in [3.05, 3.63) is 58.1 Å². The first-order valence-electron chi connectivity index (χ1n) is 8.21. The van der Waals surface area contributed by atoms with Crippen LogP contribution in [0.2, 0.25) is 10.0 Å². The molecule has 27 heavy (non-hydrogen) atoms. The van der Waals surface area contributed by atoms with E-state index in [1.807, 2.05) is 0 Å². The molecule has 0 aliphatic rings. The smallest absolute Gasteiger partial charge is 0.279 e. The molecule has 2 rings (SSSR count). The van der Waals surface area contributed by atoms with Crippen molar-refractivity contribution in [1.29, 1.82) is 0 Å². The third kappa shape index (κ3) is 6.67. The molecule has 0 spiro atoms. The summed E-state index contributed by atoms with van der Waals surface area (Å²) in [6, 6.07) is 11.5. The minimum absolute atomic E-state index is 0.0370. The normalized spacial score (nSPS) is 11.6. The van der Waals surface area contributed by atoms with Crippen LogP contribution in [0.1, 0.15) is 17.3 Å². The van der Waals surface area contributed by atoms with E-state index in [0.717, 1.165) is 0 Å². The average molecular weight is 409 g/mol. The van der Waals surface area contributed by atoms with Crippen molar-refractivity contribution in [2.24, 2.45) is 0 Å². The van der Waals surface area contributed by atoms with Gasteiger partial charge < -0.3 is 15.5 Å². The largest absolute Gasteiger partial charge is 0.322 e. The Morgan fingerprint density at radius 3 is 1.89 bits per heavy atom. The van der Waals surface area contributed by atoms with Gasteiger partial charge in [0.25, 0.3) is 11.8 Å². The Bertz CT molecular complexity index is 854. The number of rotatable bonds is 7. The second kappa shape index (κ2) is 9.50. The predicted molar refractivity (Wildman–Crippen MR) is 107 cm³/mol. The molecule has 1 atom stereocenters. The van der Waals surface area contributed by atoms with Crippen LogP contribution in [-0.4, -0.2) is 37.7 Å². The Hall–Kier alpha value is -2.41. The second-order valence-electron chi connectivity index (χ2n) is 6.17. The Morgan fingerprint density at radius 2 is 1.37 bits per heavy atom. The molecule has 2 aromatic rings. The SMILES string of the molecule is CC(=O)c1ccc(NC(=O)C[NH+](C)CC(=O)Nc2ccc(Cl)c(Cl)c2)cc1. The number of anilines is 2. The van der Waals surface area contributed by atoms with Gasteiger partial charge in [0, 0.05) is 16.9 Å². The van der Waals surface area contributed by atoms with Crippen LogP contribution in [0.3, 0.4) is 0 Å². The number of carbonyl (C=O) groups is 3. The number of amides is 2. The second-order valence-corrected chi connectivity index (χ2v) is 6.98. The monoisotopic (exact) mass is 408 g/mol. The van der Waals surface area contributed by atoms with E-state index >= 15 is 0 Å². The molecule has 0 fully saturated rings. The number of nitrogens with one attached hydrogen (secondary N) is 3. The summed E-state index contributed by atoms with van der Waals surface area (Å²) in [6.45, 7) is 1.70. The zero-order valence-corrected chi connectivity index (χ0v) is 16.4. The van der Waals surface area contributed by atoms with Gasteiger partial charge in [0.2, 0.25) is 0 Å². The summed E-state index contributed by atoms with van der Waals surface area (Å²) in [7, 11) is 1.74. The molecule has 1 unspecified atom stereocenters. The lowest BCUT2D eigenvalue weighted by Gasteiger charge is -2.14. The highest BCUT2D eigenvalue weighted by Crippen LogP contribution is 2.24. The molecule has 6 nitrogen and oxygen atoms in total. The Balaban J connectivity index is 1.82. The van der Waals surface area contributed by atoms with Gasteiger partial charge in [0.1, 0.15) is 0 Å². The van der Waals surface area contributed by atoms with Crippen LogP contribution >= 0.6 is 23.2 Å². The molecule has 0 saturated heterocycles. The van der Waals surface area contributed by atoms with Gasteiger partial charge in [-0.1, -0.05) is 23.2 Å². The van der Waals surface area contributed by atoms with Crippen molar-refractivity contribution in [1.82, 2.24) is 0 Å². The first-order valence-corrected chi connectivity index (χ1v) is 8.97. The van der Waals surface area contributed by atoms with E-state index in [-0.39, 0.29) is 30.7 Å². The molecular formula is C19H20Cl2N3O3+. The maximum absolute atomic E-state index is 12.1. The summed E-state index contributed by atoms with van der Waals surface area (Å²) in [5.41, 5.74) is 1.71. The summed E-state index contributed by atoms with van der Waals surface area (Å²) >= 11 is 11.8. The highest BCUT2D eigenvalue weighted by atomic mass is 35.5. The number of ketones is 1. The first-order chi connectivity index (χ1) is 12.7. The highest BCUT2D eigenvalue weighted by Gasteiger charge is 2.15. The van der Waals surface area contributed by atoms with Gasteiger partial charge in [-0.2, -0.15) is 0 Å². The Labute approximate surface area is 167 Å². The van der Waals surface area contributed by atoms with Crippen molar-refractivity contribution in [3.63, 3.8) is 0 Å². The van der Waals surface area contributed by atoms with Crippen LogP contribution in [0, 0.1) is 0 Å². The molecule has 0 heterocycles. The maximum Gasteiger partial charge on any atom is 0.279 e. The molecule has 2 amide bonds. The van der Waals surface area contributed by atoms with Gasteiger partial charge in [-0.3, -0.25) is 14.4 Å². The number of halogens is 2. The minimum atomic E-state index is -0.246. The summed E-state index contributed by atoms with van der Waals surface area (Å²) in [4.78, 5) is 36.2. The van der Waals surface area contributed by atoms with E-state index in [0.29, 0.717) is 31.9 Å². The summed E-state index contributed by atoms with van der Waals surface area (Å²) in [5, 5.41) is 6.21. The fourth-order valence-corrected chi connectivity index (χ4v) is 2.68. The number of hydrogen-bond donors (Lipinski definition) is 3. The fourth-order valence-electron chi connectivity index (χ4n) is 2.38. The van der Waals surface area contributed by atoms with Gasteiger partial charge in [0.05, 0.1) is 17.1 Å². The topological polar surface area (TPSA) is 79.7 Å². The van der Waals surface area contributed by atoms with E-state index < -0.39 is 0 Å². The summed E-state index contributed by atoms with van der Waals surface area (Å²) in [5.74, 6) is -0.514. The zero-order valence-electron chi connectivity index (χ0n) is 14.9. The molecule has 0 aromatic heterocycles. The summed E-state index contributed by atoms with van der Waals surface area (Å²) < 4.78 is 0. The van der Waals surface area contributed by atoms with Gasteiger partial charge in [-0.15, -0.1) is 0 Å². The van der Waals surface area contributed by atoms with Crippen LogP contribution in [0.15, 0.2) is 42.5 Å². The first kappa shape index (κ1) is 20.9. The number of likely N-dealkylation sites (N-methyl/N-ethyl adjacent to an activating group) is 1. The van der Waals surface area contributed by atoms with Crippen LogP contribution in [0.5, 0.6) is 0 Å². The number of quaternary nitrogens is 1. The molecule has 142 valence electrons. The van der Waals surface area contributed by atoms with Gasteiger partial charge in [0.15, 0.2) is 18.9 Å². The van der Waals surface area contributed by atoms with Crippen LogP contribution in [-0.2, 0) is 9.59 Å². The molecular weight excluding hydrogens is 389 g/mol. The van der Waals surface area contributed by atoms with E-state index in [2.05, 4.69) is 10.6 Å². The van der Waals surface area contributed by atoms with E-state index in [1.165, 1.54) is 6.92 Å². The van der Waals surface area contributed by atoms with Crippen molar-refractivity contribution in [2.45, 2.75) is 6.92 Å². The number of Topliss-reactive ketones (excluding diaryl/α,β-unsaturated/α-hetero) is 1. The molecule has 3 N–H and O–H groups in total. The third-order valence-electron chi connectivity index (χ3n) is 3.70. The number of carbonyl (C=O) groups excluding carboxylic acids is 3. The molecule has 0 aliphatic heterocycles.